The van der Waals surface area contributed by atoms with E-state index in [9.17, 15) is 9.59 Å². The van der Waals surface area contributed by atoms with Crippen molar-refractivity contribution in [3.05, 3.63) is 89.7 Å². The standard InChI is InChI=1S/C33H37FN4O4S/c1-41-25-15-16-27(29(19-25)42-2)35-31(40)33(17-9-4-10-18-33)38(20-24-13-7-8-14-26(24)34)30(39)22-37-21-28(36-32(37)43)23-11-5-3-6-12-23/h3,5-8,11-16,19,28H,4,9-10,17-18,20-22H2,1-2H3,(H,35,40)(H,36,43)/t28-/m0/s1. The Morgan fingerprint density at radius 1 is 1.02 bits per heavy atom. The van der Waals surface area contributed by atoms with Crippen molar-refractivity contribution in [3.8, 4) is 11.5 Å². The molecule has 1 aliphatic carbocycles. The fraction of sp³-hybridized carbons (Fsp3) is 0.364. The van der Waals surface area contributed by atoms with Crippen LogP contribution < -0.4 is 20.1 Å². The molecule has 1 saturated carbocycles. The number of halogens is 1. The number of rotatable bonds is 10. The Labute approximate surface area is 257 Å². The molecule has 0 aromatic heterocycles. The predicted octanol–water partition coefficient (Wildman–Crippen LogP) is 5.44. The van der Waals surface area contributed by atoms with Gasteiger partial charge >= 0.3 is 0 Å². The lowest BCUT2D eigenvalue weighted by Gasteiger charge is -2.45. The summed E-state index contributed by atoms with van der Waals surface area (Å²) < 4.78 is 25.9. The number of carbonyl (C=O) groups is 2. The maximum atomic E-state index is 15.0. The van der Waals surface area contributed by atoms with Gasteiger partial charge in [0.2, 0.25) is 11.8 Å². The summed E-state index contributed by atoms with van der Waals surface area (Å²) in [6.45, 7) is 0.420. The van der Waals surface area contributed by atoms with Crippen LogP contribution in [0.4, 0.5) is 10.1 Å². The van der Waals surface area contributed by atoms with Gasteiger partial charge in [-0.25, -0.2) is 4.39 Å². The van der Waals surface area contributed by atoms with Gasteiger partial charge in [-0.1, -0.05) is 67.8 Å². The van der Waals surface area contributed by atoms with E-state index in [1.165, 1.54) is 13.2 Å². The lowest BCUT2D eigenvalue weighted by molar-refractivity contribution is -0.149. The minimum absolute atomic E-state index is 0.0372. The van der Waals surface area contributed by atoms with Gasteiger partial charge in [-0.2, -0.15) is 0 Å². The van der Waals surface area contributed by atoms with Gasteiger partial charge < -0.3 is 29.9 Å². The second-order valence-corrected chi connectivity index (χ2v) is 11.4. The van der Waals surface area contributed by atoms with Crippen LogP contribution in [0.25, 0.3) is 0 Å². The summed E-state index contributed by atoms with van der Waals surface area (Å²) in [4.78, 5) is 32.1. The molecule has 5 rings (SSSR count). The first kappa shape index (κ1) is 30.3. The molecule has 8 nitrogen and oxygen atoms in total. The molecule has 2 aliphatic rings. The molecule has 0 unspecified atom stereocenters. The number of amides is 2. The molecule has 1 aliphatic heterocycles. The lowest BCUT2D eigenvalue weighted by Crippen LogP contribution is -2.61. The van der Waals surface area contributed by atoms with Gasteiger partial charge in [-0.15, -0.1) is 0 Å². The Hall–Kier alpha value is -4.18. The van der Waals surface area contributed by atoms with Crippen molar-refractivity contribution >= 4 is 34.8 Å². The number of carbonyl (C=O) groups excluding carboxylic acids is 2. The van der Waals surface area contributed by atoms with Crippen LogP contribution in [0.5, 0.6) is 11.5 Å². The maximum Gasteiger partial charge on any atom is 0.250 e. The van der Waals surface area contributed by atoms with Gasteiger partial charge in [0.05, 0.1) is 32.5 Å². The van der Waals surface area contributed by atoms with Crippen LogP contribution in [-0.4, -0.2) is 59.6 Å². The molecule has 0 radical (unpaired) electrons. The zero-order valence-corrected chi connectivity index (χ0v) is 25.3. The largest absolute Gasteiger partial charge is 0.497 e. The molecule has 0 bridgehead atoms. The van der Waals surface area contributed by atoms with Crippen molar-refractivity contribution in [2.45, 2.75) is 50.2 Å². The molecule has 1 atom stereocenters. The van der Waals surface area contributed by atoms with Crippen LogP contribution in [0.2, 0.25) is 0 Å². The number of hydrogen-bond donors (Lipinski definition) is 2. The van der Waals surface area contributed by atoms with E-state index in [0.29, 0.717) is 47.2 Å². The molecule has 43 heavy (non-hydrogen) atoms. The van der Waals surface area contributed by atoms with Crippen LogP contribution in [0.1, 0.15) is 49.3 Å². The Bertz CT molecular complexity index is 1460. The molecule has 1 saturated heterocycles. The zero-order chi connectivity index (χ0) is 30.4. The zero-order valence-electron chi connectivity index (χ0n) is 24.5. The highest BCUT2D eigenvalue weighted by molar-refractivity contribution is 7.80. The van der Waals surface area contributed by atoms with Crippen LogP contribution in [0.15, 0.2) is 72.8 Å². The molecule has 226 valence electrons. The highest BCUT2D eigenvalue weighted by Crippen LogP contribution is 2.38. The average molecular weight is 605 g/mol. The molecule has 10 heteroatoms. The van der Waals surface area contributed by atoms with Crippen molar-refractivity contribution in [3.63, 3.8) is 0 Å². The molecule has 2 fully saturated rings. The van der Waals surface area contributed by atoms with Gasteiger partial charge in [0, 0.05) is 24.7 Å². The summed E-state index contributed by atoms with van der Waals surface area (Å²) in [6, 6.07) is 21.4. The number of anilines is 1. The Morgan fingerprint density at radius 2 is 1.74 bits per heavy atom. The number of hydrogen-bond acceptors (Lipinski definition) is 5. The third-order valence-electron chi connectivity index (χ3n) is 8.38. The molecule has 2 amide bonds. The third kappa shape index (κ3) is 6.59. The van der Waals surface area contributed by atoms with E-state index in [0.717, 1.165) is 24.8 Å². The first-order valence-electron chi connectivity index (χ1n) is 14.5. The van der Waals surface area contributed by atoms with Crippen LogP contribution in [0, 0.1) is 5.82 Å². The van der Waals surface area contributed by atoms with Crippen molar-refractivity contribution in [2.75, 3.05) is 32.6 Å². The van der Waals surface area contributed by atoms with Gasteiger partial charge in [0.1, 0.15) is 22.9 Å². The number of nitrogens with one attached hydrogen (secondary N) is 2. The summed E-state index contributed by atoms with van der Waals surface area (Å²) in [5.74, 6) is -0.0239. The fourth-order valence-electron chi connectivity index (χ4n) is 6.02. The number of thiocarbonyl (C=S) groups is 1. The highest BCUT2D eigenvalue weighted by Gasteiger charge is 2.48. The molecule has 3 aromatic rings. The Kier molecular flexibility index (Phi) is 9.45. The minimum Gasteiger partial charge on any atom is -0.497 e. The Morgan fingerprint density at radius 3 is 2.44 bits per heavy atom. The van der Waals surface area contributed by atoms with Crippen molar-refractivity contribution < 1.29 is 23.5 Å². The number of benzene rings is 3. The topological polar surface area (TPSA) is 83.1 Å². The van der Waals surface area contributed by atoms with E-state index in [-0.39, 0.29) is 30.9 Å². The van der Waals surface area contributed by atoms with E-state index < -0.39 is 11.4 Å². The van der Waals surface area contributed by atoms with E-state index >= 15 is 4.39 Å². The predicted molar refractivity (Wildman–Crippen MR) is 167 cm³/mol. The molecule has 3 aromatic carbocycles. The highest BCUT2D eigenvalue weighted by atomic mass is 32.1. The summed E-state index contributed by atoms with van der Waals surface area (Å²) in [6.07, 6.45) is 3.36. The maximum absolute atomic E-state index is 15.0. The molecule has 2 N–H and O–H groups in total. The van der Waals surface area contributed by atoms with Crippen LogP contribution >= 0.6 is 12.2 Å². The number of ether oxygens (including phenoxy) is 2. The van der Waals surface area contributed by atoms with Gasteiger partial charge in [0.15, 0.2) is 5.11 Å². The molecule has 1 heterocycles. The van der Waals surface area contributed by atoms with Crippen LogP contribution in [-0.2, 0) is 16.1 Å². The second-order valence-electron chi connectivity index (χ2n) is 11.0. The van der Waals surface area contributed by atoms with E-state index in [1.54, 1.807) is 48.4 Å². The Balaban J connectivity index is 1.46. The SMILES string of the molecule is COc1ccc(NC(=O)C2(N(Cc3ccccc3F)C(=O)CN3C[C@@H](c4ccccc4)NC3=S)CCCCC2)c(OC)c1. The fourth-order valence-corrected chi connectivity index (χ4v) is 6.30. The van der Waals surface area contributed by atoms with Crippen molar-refractivity contribution in [2.24, 2.45) is 0 Å². The average Bonchev–Trinajstić information content (AvgIpc) is 3.40. The summed E-state index contributed by atoms with van der Waals surface area (Å²) >= 11 is 5.62. The van der Waals surface area contributed by atoms with Gasteiger partial charge in [-0.3, -0.25) is 9.59 Å². The second kappa shape index (κ2) is 13.4. The number of methoxy groups -OCH3 is 2. The van der Waals surface area contributed by atoms with E-state index in [4.69, 9.17) is 21.7 Å². The summed E-state index contributed by atoms with van der Waals surface area (Å²) in [7, 11) is 3.07. The van der Waals surface area contributed by atoms with Crippen molar-refractivity contribution in [1.29, 1.82) is 0 Å². The lowest BCUT2D eigenvalue weighted by atomic mass is 9.78. The van der Waals surface area contributed by atoms with Gasteiger partial charge in [-0.05, 0) is 48.8 Å². The first-order chi connectivity index (χ1) is 20.8. The quantitative estimate of drug-likeness (QED) is 0.298. The van der Waals surface area contributed by atoms with Gasteiger partial charge in [0.25, 0.3) is 0 Å². The van der Waals surface area contributed by atoms with Crippen molar-refractivity contribution in [1.82, 2.24) is 15.1 Å². The normalized spacial score (nSPS) is 17.6. The molecule has 0 spiro atoms. The number of nitrogens with zero attached hydrogens (tertiary/aromatic N) is 2. The summed E-state index contributed by atoms with van der Waals surface area (Å²) in [5.41, 5.74) is 0.683. The first-order valence-corrected chi connectivity index (χ1v) is 14.9. The smallest absolute Gasteiger partial charge is 0.250 e. The third-order valence-corrected chi connectivity index (χ3v) is 8.76. The van der Waals surface area contributed by atoms with E-state index in [1.807, 2.05) is 35.2 Å². The van der Waals surface area contributed by atoms with Crippen LogP contribution in [0.3, 0.4) is 0 Å². The van der Waals surface area contributed by atoms with E-state index in [2.05, 4.69) is 10.6 Å². The molecular weight excluding hydrogens is 567 g/mol. The summed E-state index contributed by atoms with van der Waals surface area (Å²) in [5, 5.41) is 6.81. The molecular formula is C33H37FN4O4S. The minimum atomic E-state index is -1.20. The monoisotopic (exact) mass is 604 g/mol.